The van der Waals surface area contributed by atoms with Gasteiger partial charge in [-0.3, -0.25) is 4.79 Å². The number of rotatable bonds is 6. The number of likely N-dealkylation sites (N-methyl/N-ethyl adjacent to an activating group) is 1. The summed E-state index contributed by atoms with van der Waals surface area (Å²) in [7, 11) is 0.420. The maximum atomic E-state index is 11.7. The van der Waals surface area contributed by atoms with Gasteiger partial charge in [0.2, 0.25) is 0 Å². The highest BCUT2D eigenvalue weighted by atomic mass is 16.4. The molecule has 19 heavy (non-hydrogen) atoms. The Morgan fingerprint density at radius 2 is 2.21 bits per heavy atom. The standard InChI is InChI=1S/C12H23BN2O4/c1-14-12(11(16)17)5-8-6-15-7-9(8)10(12)3-2-4-13(18)19/h8-10,14-15,18-19H,2-7H2,1H3,(H,16,17). The maximum Gasteiger partial charge on any atom is 0.451 e. The first-order chi connectivity index (χ1) is 9.01. The molecule has 2 rings (SSSR count). The van der Waals surface area contributed by atoms with E-state index in [9.17, 15) is 9.90 Å². The number of carboxylic acid groups (broad SMARTS) is 1. The lowest BCUT2D eigenvalue weighted by atomic mass is 9.75. The van der Waals surface area contributed by atoms with Gasteiger partial charge in [0.15, 0.2) is 0 Å². The van der Waals surface area contributed by atoms with Crippen molar-refractivity contribution in [1.29, 1.82) is 0 Å². The van der Waals surface area contributed by atoms with Gasteiger partial charge in [0.25, 0.3) is 0 Å². The molecule has 7 heteroatoms. The first-order valence-electron chi connectivity index (χ1n) is 7.00. The molecule has 0 radical (unpaired) electrons. The van der Waals surface area contributed by atoms with Gasteiger partial charge in [-0.2, -0.15) is 0 Å². The summed E-state index contributed by atoms with van der Waals surface area (Å²) in [5, 5.41) is 33.8. The van der Waals surface area contributed by atoms with Gasteiger partial charge in [0.1, 0.15) is 5.54 Å². The van der Waals surface area contributed by atoms with E-state index in [0.29, 0.717) is 37.4 Å². The van der Waals surface area contributed by atoms with Crippen LogP contribution in [0.5, 0.6) is 0 Å². The molecule has 5 N–H and O–H groups in total. The highest BCUT2D eigenvalue weighted by Crippen LogP contribution is 2.48. The Hall–Kier alpha value is -0.625. The number of carbonyl (C=O) groups is 1. The van der Waals surface area contributed by atoms with E-state index in [4.69, 9.17) is 10.0 Å². The van der Waals surface area contributed by atoms with Crippen molar-refractivity contribution in [3.63, 3.8) is 0 Å². The summed E-state index contributed by atoms with van der Waals surface area (Å²) in [5.41, 5.74) is -0.849. The topological polar surface area (TPSA) is 102 Å². The summed E-state index contributed by atoms with van der Waals surface area (Å²) < 4.78 is 0. The van der Waals surface area contributed by atoms with Crippen molar-refractivity contribution in [2.45, 2.75) is 31.1 Å². The molecular weight excluding hydrogens is 247 g/mol. The molecule has 1 aliphatic carbocycles. The van der Waals surface area contributed by atoms with E-state index in [1.54, 1.807) is 7.05 Å². The van der Waals surface area contributed by atoms with Gasteiger partial charge >= 0.3 is 13.1 Å². The zero-order valence-electron chi connectivity index (χ0n) is 11.3. The number of hydrogen-bond donors (Lipinski definition) is 5. The Morgan fingerprint density at radius 3 is 2.79 bits per heavy atom. The van der Waals surface area contributed by atoms with Crippen LogP contribution in [0.3, 0.4) is 0 Å². The fraction of sp³-hybridized carbons (Fsp3) is 0.917. The molecule has 0 aromatic rings. The Balaban J connectivity index is 2.10. The van der Waals surface area contributed by atoms with Crippen LogP contribution in [0, 0.1) is 17.8 Å². The summed E-state index contributed by atoms with van der Waals surface area (Å²) in [6, 6.07) is 0. The lowest BCUT2D eigenvalue weighted by Gasteiger charge is -2.33. The van der Waals surface area contributed by atoms with Gasteiger partial charge in [0.05, 0.1) is 0 Å². The molecule has 0 aromatic heterocycles. The van der Waals surface area contributed by atoms with Gasteiger partial charge in [-0.1, -0.05) is 6.42 Å². The van der Waals surface area contributed by atoms with Crippen LogP contribution in [0.25, 0.3) is 0 Å². The van der Waals surface area contributed by atoms with E-state index < -0.39 is 18.6 Å². The minimum absolute atomic E-state index is 0.0498. The molecule has 6 nitrogen and oxygen atoms in total. The van der Waals surface area contributed by atoms with Gasteiger partial charge in [-0.25, -0.2) is 0 Å². The zero-order valence-corrected chi connectivity index (χ0v) is 11.3. The van der Waals surface area contributed by atoms with Crippen LogP contribution >= 0.6 is 0 Å². The Kier molecular flexibility index (Phi) is 4.50. The third-order valence-electron chi connectivity index (χ3n) is 4.93. The summed E-state index contributed by atoms with van der Waals surface area (Å²) >= 11 is 0. The van der Waals surface area contributed by atoms with Crippen molar-refractivity contribution in [3.05, 3.63) is 0 Å². The quantitative estimate of drug-likeness (QED) is 0.402. The van der Waals surface area contributed by atoms with E-state index >= 15 is 0 Å². The minimum Gasteiger partial charge on any atom is -0.480 e. The van der Waals surface area contributed by atoms with Crippen LogP contribution in [0.1, 0.15) is 19.3 Å². The second-order valence-corrected chi connectivity index (χ2v) is 5.83. The average molecular weight is 270 g/mol. The molecule has 2 fully saturated rings. The van der Waals surface area contributed by atoms with Crippen LogP contribution in [0.15, 0.2) is 0 Å². The van der Waals surface area contributed by atoms with E-state index in [1.165, 1.54) is 0 Å². The largest absolute Gasteiger partial charge is 0.480 e. The van der Waals surface area contributed by atoms with Crippen molar-refractivity contribution in [2.24, 2.45) is 17.8 Å². The van der Waals surface area contributed by atoms with Gasteiger partial charge < -0.3 is 25.8 Å². The maximum absolute atomic E-state index is 11.7. The lowest BCUT2D eigenvalue weighted by molar-refractivity contribution is -0.147. The molecule has 108 valence electrons. The van der Waals surface area contributed by atoms with Crippen LogP contribution < -0.4 is 10.6 Å². The molecule has 4 unspecified atom stereocenters. The number of aliphatic carboxylic acids is 1. The first-order valence-corrected chi connectivity index (χ1v) is 7.00. The Bertz CT molecular complexity index is 342. The van der Waals surface area contributed by atoms with Crippen molar-refractivity contribution < 1.29 is 19.9 Å². The molecule has 1 heterocycles. The number of nitrogens with one attached hydrogen (secondary N) is 2. The third-order valence-corrected chi connectivity index (χ3v) is 4.93. The highest BCUT2D eigenvalue weighted by molar-refractivity contribution is 6.40. The molecule has 0 amide bonds. The minimum atomic E-state index is -1.30. The fourth-order valence-corrected chi connectivity index (χ4v) is 4.00. The van der Waals surface area contributed by atoms with Crippen molar-refractivity contribution in [3.8, 4) is 0 Å². The molecule has 0 bridgehead atoms. The first kappa shape index (κ1) is 14.8. The van der Waals surface area contributed by atoms with Gasteiger partial charge in [-0.15, -0.1) is 0 Å². The second-order valence-electron chi connectivity index (χ2n) is 5.83. The molecule has 1 aliphatic heterocycles. The summed E-state index contributed by atoms with van der Waals surface area (Å²) in [4.78, 5) is 11.7. The van der Waals surface area contributed by atoms with E-state index in [-0.39, 0.29) is 5.92 Å². The Morgan fingerprint density at radius 1 is 1.47 bits per heavy atom. The molecule has 1 saturated carbocycles. The lowest BCUT2D eigenvalue weighted by Crippen LogP contribution is -2.55. The number of carboxylic acids is 1. The van der Waals surface area contributed by atoms with Gasteiger partial charge in [0, 0.05) is 0 Å². The van der Waals surface area contributed by atoms with E-state index in [1.807, 2.05) is 0 Å². The van der Waals surface area contributed by atoms with Crippen LogP contribution in [0.2, 0.25) is 6.32 Å². The van der Waals surface area contributed by atoms with E-state index in [0.717, 1.165) is 13.1 Å². The summed E-state index contributed by atoms with van der Waals surface area (Å²) in [5.74, 6) is 0.0553. The van der Waals surface area contributed by atoms with E-state index in [2.05, 4.69) is 10.6 Å². The smallest absolute Gasteiger partial charge is 0.451 e. The van der Waals surface area contributed by atoms with Crippen LogP contribution in [0.4, 0.5) is 0 Å². The zero-order chi connectivity index (χ0) is 14.0. The molecule has 0 aromatic carbocycles. The Labute approximate surface area is 113 Å². The van der Waals surface area contributed by atoms with Gasteiger partial charge in [-0.05, 0) is 57.1 Å². The number of hydrogen-bond acceptors (Lipinski definition) is 5. The van der Waals surface area contributed by atoms with Crippen molar-refractivity contribution in [2.75, 3.05) is 20.1 Å². The summed E-state index contributed by atoms with van der Waals surface area (Å²) in [6.07, 6.45) is 2.32. The summed E-state index contributed by atoms with van der Waals surface area (Å²) in [6.45, 7) is 1.76. The van der Waals surface area contributed by atoms with Crippen molar-refractivity contribution >= 4 is 13.1 Å². The predicted octanol–water partition coefficient (Wildman–Crippen LogP) is -0.862. The third kappa shape index (κ3) is 2.65. The average Bonchev–Trinajstić information content (AvgIpc) is 2.88. The molecular formula is C12H23BN2O4. The van der Waals surface area contributed by atoms with Crippen molar-refractivity contribution in [1.82, 2.24) is 10.6 Å². The molecule has 0 spiro atoms. The molecule has 1 saturated heterocycles. The fourth-order valence-electron chi connectivity index (χ4n) is 4.00. The number of fused-ring (bicyclic) bond motifs is 1. The second kappa shape index (κ2) is 5.79. The SMILES string of the molecule is CNC1(C(=O)O)CC2CNCC2C1CCCB(O)O. The predicted molar refractivity (Wildman–Crippen MR) is 71.6 cm³/mol. The molecule has 4 atom stereocenters. The van der Waals surface area contributed by atoms with Crippen LogP contribution in [-0.4, -0.2) is 53.9 Å². The monoisotopic (exact) mass is 270 g/mol. The normalized spacial score (nSPS) is 37.3. The van der Waals surface area contributed by atoms with Crippen LogP contribution in [-0.2, 0) is 4.79 Å². The highest BCUT2D eigenvalue weighted by Gasteiger charge is 2.57. The molecule has 2 aliphatic rings.